The van der Waals surface area contributed by atoms with E-state index in [4.69, 9.17) is 4.74 Å². The lowest BCUT2D eigenvalue weighted by molar-refractivity contribution is -0.146. The number of carbonyl (C=O) groups is 2. The molecule has 1 amide bonds. The standard InChI is InChI=1S/C12H15N3O4/c1-19-12(18)8-3-2-6-15(7-8)11(17)9-4-5-10(16)14-13-9/h4-5,8H,2-3,6-7H2,1H3,(H,14,16)/t8-/m0/s1. The first kappa shape index (κ1) is 13.3. The van der Waals surface area contributed by atoms with E-state index in [-0.39, 0.29) is 29.0 Å². The van der Waals surface area contributed by atoms with E-state index in [1.807, 2.05) is 0 Å². The van der Waals surface area contributed by atoms with Crippen LogP contribution in [0.15, 0.2) is 16.9 Å². The summed E-state index contributed by atoms with van der Waals surface area (Å²) in [5.41, 5.74) is -0.187. The summed E-state index contributed by atoms with van der Waals surface area (Å²) in [6, 6.07) is 2.63. The first-order chi connectivity index (χ1) is 9.11. The molecule has 0 aromatic carbocycles. The molecule has 1 N–H and O–H groups in total. The van der Waals surface area contributed by atoms with E-state index in [0.717, 1.165) is 12.8 Å². The average Bonchev–Trinajstić information content (AvgIpc) is 2.46. The van der Waals surface area contributed by atoms with Crippen LogP contribution in [0.25, 0.3) is 0 Å². The third-order valence-electron chi connectivity index (χ3n) is 3.14. The van der Waals surface area contributed by atoms with Crippen LogP contribution in [-0.4, -0.2) is 47.2 Å². The van der Waals surface area contributed by atoms with Gasteiger partial charge >= 0.3 is 5.97 Å². The van der Waals surface area contributed by atoms with Gasteiger partial charge in [0, 0.05) is 19.2 Å². The van der Waals surface area contributed by atoms with E-state index in [0.29, 0.717) is 13.1 Å². The van der Waals surface area contributed by atoms with Crippen molar-refractivity contribution < 1.29 is 14.3 Å². The molecule has 0 bridgehead atoms. The fourth-order valence-corrected chi connectivity index (χ4v) is 2.15. The van der Waals surface area contributed by atoms with Crippen LogP contribution in [0.4, 0.5) is 0 Å². The molecule has 1 saturated heterocycles. The van der Waals surface area contributed by atoms with Gasteiger partial charge in [-0.2, -0.15) is 5.10 Å². The van der Waals surface area contributed by atoms with Crippen LogP contribution in [0.5, 0.6) is 0 Å². The van der Waals surface area contributed by atoms with E-state index in [9.17, 15) is 14.4 Å². The van der Waals surface area contributed by atoms with Crippen LogP contribution in [0.2, 0.25) is 0 Å². The highest BCUT2D eigenvalue weighted by molar-refractivity contribution is 5.92. The lowest BCUT2D eigenvalue weighted by atomic mass is 9.98. The van der Waals surface area contributed by atoms with Gasteiger partial charge in [0.05, 0.1) is 13.0 Å². The van der Waals surface area contributed by atoms with Gasteiger partial charge in [0.1, 0.15) is 5.69 Å². The van der Waals surface area contributed by atoms with E-state index in [1.165, 1.54) is 19.2 Å². The number of esters is 1. The Labute approximate surface area is 109 Å². The Balaban J connectivity index is 2.08. The van der Waals surface area contributed by atoms with Crippen molar-refractivity contribution in [1.82, 2.24) is 15.1 Å². The Kier molecular flexibility index (Phi) is 3.94. The van der Waals surface area contributed by atoms with E-state index in [2.05, 4.69) is 10.2 Å². The summed E-state index contributed by atoms with van der Waals surface area (Å²) in [4.78, 5) is 36.1. The zero-order chi connectivity index (χ0) is 13.8. The van der Waals surface area contributed by atoms with Gasteiger partial charge in [0.2, 0.25) is 0 Å². The maximum absolute atomic E-state index is 12.2. The number of aromatic nitrogens is 2. The van der Waals surface area contributed by atoms with Crippen molar-refractivity contribution in [2.75, 3.05) is 20.2 Å². The second-order valence-corrected chi connectivity index (χ2v) is 4.42. The predicted molar refractivity (Wildman–Crippen MR) is 65.5 cm³/mol. The smallest absolute Gasteiger partial charge is 0.310 e. The minimum atomic E-state index is -0.359. The largest absolute Gasteiger partial charge is 0.469 e. The van der Waals surface area contributed by atoms with E-state index in [1.54, 1.807) is 4.90 Å². The van der Waals surface area contributed by atoms with Gasteiger partial charge in [0.15, 0.2) is 0 Å². The highest BCUT2D eigenvalue weighted by Gasteiger charge is 2.29. The molecule has 2 rings (SSSR count). The molecule has 1 aromatic rings. The Bertz CT molecular complexity index is 520. The topological polar surface area (TPSA) is 92.4 Å². The van der Waals surface area contributed by atoms with Crippen LogP contribution in [0.3, 0.4) is 0 Å². The number of methoxy groups -OCH3 is 1. The molecule has 1 atom stereocenters. The number of hydrogen-bond donors (Lipinski definition) is 1. The molecular formula is C12H15N3O4. The fraction of sp³-hybridized carbons (Fsp3) is 0.500. The normalized spacial score (nSPS) is 19.0. The summed E-state index contributed by atoms with van der Waals surface area (Å²) in [7, 11) is 1.34. The van der Waals surface area contributed by atoms with Gasteiger partial charge in [-0.15, -0.1) is 0 Å². The number of nitrogens with one attached hydrogen (secondary N) is 1. The highest BCUT2D eigenvalue weighted by Crippen LogP contribution is 2.18. The Hall–Kier alpha value is -2.18. The van der Waals surface area contributed by atoms with Crippen molar-refractivity contribution >= 4 is 11.9 Å². The molecule has 102 valence electrons. The molecule has 0 unspecified atom stereocenters. The molecule has 1 fully saturated rings. The SMILES string of the molecule is COC(=O)[C@H]1CCCN(C(=O)c2ccc(=O)[nH]n2)C1. The summed E-state index contributed by atoms with van der Waals surface area (Å²) in [5, 5.41) is 5.92. The highest BCUT2D eigenvalue weighted by atomic mass is 16.5. The number of ether oxygens (including phenoxy) is 1. The molecule has 1 aromatic heterocycles. The van der Waals surface area contributed by atoms with Gasteiger partial charge in [0.25, 0.3) is 11.5 Å². The maximum atomic E-state index is 12.2. The molecular weight excluding hydrogens is 250 g/mol. The van der Waals surface area contributed by atoms with E-state index < -0.39 is 0 Å². The molecule has 1 aliphatic rings. The third kappa shape index (κ3) is 2.98. The Morgan fingerprint density at radius 3 is 2.89 bits per heavy atom. The van der Waals surface area contributed by atoms with Gasteiger partial charge in [-0.3, -0.25) is 14.4 Å². The number of carbonyl (C=O) groups excluding carboxylic acids is 2. The molecule has 0 aliphatic carbocycles. The number of likely N-dealkylation sites (tertiary alicyclic amines) is 1. The fourth-order valence-electron chi connectivity index (χ4n) is 2.15. The number of amides is 1. The minimum absolute atomic E-state index is 0.171. The predicted octanol–water partition coefficient (Wildman–Crippen LogP) is -0.205. The van der Waals surface area contributed by atoms with Crippen molar-refractivity contribution in [2.45, 2.75) is 12.8 Å². The van der Waals surface area contributed by atoms with Crippen LogP contribution >= 0.6 is 0 Å². The number of piperidine rings is 1. The number of aromatic amines is 1. The van der Waals surface area contributed by atoms with E-state index >= 15 is 0 Å². The molecule has 7 nitrogen and oxygen atoms in total. The average molecular weight is 265 g/mol. The van der Waals surface area contributed by atoms with Crippen LogP contribution in [0.1, 0.15) is 23.3 Å². The van der Waals surface area contributed by atoms with Crippen molar-refractivity contribution in [3.8, 4) is 0 Å². The molecule has 0 spiro atoms. The molecule has 1 aliphatic heterocycles. The minimum Gasteiger partial charge on any atom is -0.469 e. The maximum Gasteiger partial charge on any atom is 0.310 e. The summed E-state index contributed by atoms with van der Waals surface area (Å²) in [6.07, 6.45) is 1.46. The van der Waals surface area contributed by atoms with Gasteiger partial charge in [-0.25, -0.2) is 5.10 Å². The Morgan fingerprint density at radius 2 is 2.26 bits per heavy atom. The lowest BCUT2D eigenvalue weighted by Gasteiger charge is -2.30. The summed E-state index contributed by atoms with van der Waals surface area (Å²) in [5.74, 6) is -0.873. The van der Waals surface area contributed by atoms with Crippen LogP contribution in [0, 0.1) is 5.92 Å². The van der Waals surface area contributed by atoms with Gasteiger partial charge in [-0.1, -0.05) is 0 Å². The Morgan fingerprint density at radius 1 is 1.47 bits per heavy atom. The van der Waals surface area contributed by atoms with Crippen LogP contribution < -0.4 is 5.56 Å². The number of hydrogen-bond acceptors (Lipinski definition) is 5. The molecule has 7 heteroatoms. The molecule has 0 saturated carbocycles. The van der Waals surface area contributed by atoms with Gasteiger partial charge in [-0.05, 0) is 18.9 Å². The van der Waals surface area contributed by atoms with Crippen molar-refractivity contribution in [3.63, 3.8) is 0 Å². The van der Waals surface area contributed by atoms with Crippen molar-refractivity contribution in [3.05, 3.63) is 28.2 Å². The van der Waals surface area contributed by atoms with Crippen LogP contribution in [-0.2, 0) is 9.53 Å². The molecule has 2 heterocycles. The lowest BCUT2D eigenvalue weighted by Crippen LogP contribution is -2.43. The second kappa shape index (κ2) is 5.64. The number of H-pyrrole nitrogens is 1. The first-order valence-electron chi connectivity index (χ1n) is 6.04. The van der Waals surface area contributed by atoms with Crippen molar-refractivity contribution in [2.24, 2.45) is 5.92 Å². The summed E-state index contributed by atoms with van der Waals surface area (Å²) in [6.45, 7) is 0.902. The van der Waals surface area contributed by atoms with Crippen molar-refractivity contribution in [1.29, 1.82) is 0 Å². The van der Waals surface area contributed by atoms with Gasteiger partial charge < -0.3 is 9.64 Å². The third-order valence-corrected chi connectivity index (χ3v) is 3.14. The molecule has 0 radical (unpaired) electrons. The summed E-state index contributed by atoms with van der Waals surface area (Å²) >= 11 is 0. The first-order valence-corrected chi connectivity index (χ1v) is 6.04. The number of rotatable bonds is 2. The second-order valence-electron chi connectivity index (χ2n) is 4.42. The zero-order valence-electron chi connectivity index (χ0n) is 10.6. The summed E-state index contributed by atoms with van der Waals surface area (Å²) < 4.78 is 4.70. The quantitative estimate of drug-likeness (QED) is 0.747. The zero-order valence-corrected chi connectivity index (χ0v) is 10.6. The number of nitrogens with zero attached hydrogens (tertiary/aromatic N) is 2. The molecule has 19 heavy (non-hydrogen) atoms. The monoisotopic (exact) mass is 265 g/mol.